The van der Waals surface area contributed by atoms with E-state index in [2.05, 4.69) is 5.32 Å². The second-order valence-electron chi connectivity index (χ2n) is 4.17. The number of anilines is 1. The highest BCUT2D eigenvalue weighted by atomic mass is 35.5. The third-order valence-corrected chi connectivity index (χ3v) is 3.14. The molecule has 0 saturated heterocycles. The lowest BCUT2D eigenvalue weighted by atomic mass is 10.1. The Balaban J connectivity index is 2.22. The van der Waals surface area contributed by atoms with Crippen LogP contribution in [0.2, 0.25) is 5.02 Å². The largest absolute Gasteiger partial charge is 0.380 e. The smallest absolute Gasteiger partial charge is 0.288 e. The van der Waals surface area contributed by atoms with Gasteiger partial charge in [0.05, 0.1) is 10.6 Å². The standard InChI is InChI=1S/C14H9ClFN3O2/c15-11-5-4-9(6-14(11)19(20)21)8-18-13-3-1-2-12(16)10(13)7-17/h1-6,18H,8H2. The Morgan fingerprint density at radius 1 is 1.38 bits per heavy atom. The number of nitrogens with zero attached hydrogens (tertiary/aromatic N) is 2. The maximum absolute atomic E-state index is 13.4. The number of rotatable bonds is 4. The van der Waals surface area contributed by atoms with E-state index in [1.54, 1.807) is 18.2 Å². The van der Waals surface area contributed by atoms with E-state index in [0.717, 1.165) is 0 Å². The monoisotopic (exact) mass is 305 g/mol. The highest BCUT2D eigenvalue weighted by Crippen LogP contribution is 2.26. The molecule has 0 radical (unpaired) electrons. The summed E-state index contributed by atoms with van der Waals surface area (Å²) >= 11 is 5.72. The van der Waals surface area contributed by atoms with Crippen molar-refractivity contribution < 1.29 is 9.31 Å². The van der Waals surface area contributed by atoms with Crippen LogP contribution >= 0.6 is 11.6 Å². The van der Waals surface area contributed by atoms with Crippen molar-refractivity contribution in [1.29, 1.82) is 5.26 Å². The first-order valence-electron chi connectivity index (χ1n) is 5.88. The van der Waals surface area contributed by atoms with Gasteiger partial charge < -0.3 is 5.32 Å². The molecule has 5 nitrogen and oxygen atoms in total. The number of halogens is 2. The van der Waals surface area contributed by atoms with Crippen molar-refractivity contribution >= 4 is 23.0 Å². The number of nitriles is 1. The summed E-state index contributed by atoms with van der Waals surface area (Å²) in [6.07, 6.45) is 0. The predicted molar refractivity (Wildman–Crippen MR) is 76.5 cm³/mol. The van der Waals surface area contributed by atoms with Gasteiger partial charge in [0, 0.05) is 12.6 Å². The maximum atomic E-state index is 13.4. The van der Waals surface area contributed by atoms with Crippen LogP contribution in [0.5, 0.6) is 0 Å². The highest BCUT2D eigenvalue weighted by Gasteiger charge is 2.13. The minimum absolute atomic E-state index is 0.0484. The molecule has 0 heterocycles. The Kier molecular flexibility index (Phi) is 4.36. The molecular formula is C14H9ClFN3O2. The van der Waals surface area contributed by atoms with E-state index in [9.17, 15) is 14.5 Å². The SMILES string of the molecule is N#Cc1c(F)cccc1NCc1ccc(Cl)c([N+](=O)[O-])c1. The van der Waals surface area contributed by atoms with Crippen LogP contribution in [-0.4, -0.2) is 4.92 Å². The number of hydrogen-bond donors (Lipinski definition) is 1. The lowest BCUT2D eigenvalue weighted by Crippen LogP contribution is -2.03. The van der Waals surface area contributed by atoms with Crippen LogP contribution in [0.1, 0.15) is 11.1 Å². The van der Waals surface area contributed by atoms with E-state index in [-0.39, 0.29) is 22.8 Å². The van der Waals surface area contributed by atoms with Crippen molar-refractivity contribution in [1.82, 2.24) is 0 Å². The van der Waals surface area contributed by atoms with Crippen LogP contribution in [0.15, 0.2) is 36.4 Å². The molecule has 0 aromatic heterocycles. The van der Waals surface area contributed by atoms with Crippen molar-refractivity contribution in [3.63, 3.8) is 0 Å². The molecular weight excluding hydrogens is 297 g/mol. The molecule has 0 aliphatic rings. The molecule has 0 bridgehead atoms. The fraction of sp³-hybridized carbons (Fsp3) is 0.0714. The Bertz CT molecular complexity index is 743. The fourth-order valence-electron chi connectivity index (χ4n) is 1.79. The van der Waals surface area contributed by atoms with Crippen LogP contribution in [0.25, 0.3) is 0 Å². The van der Waals surface area contributed by atoms with Gasteiger partial charge in [0.2, 0.25) is 0 Å². The normalized spacial score (nSPS) is 9.95. The topological polar surface area (TPSA) is 79.0 Å². The zero-order valence-electron chi connectivity index (χ0n) is 10.6. The first-order valence-corrected chi connectivity index (χ1v) is 6.26. The van der Waals surface area contributed by atoms with E-state index in [1.807, 2.05) is 0 Å². The summed E-state index contributed by atoms with van der Waals surface area (Å²) in [6.45, 7) is 0.205. The van der Waals surface area contributed by atoms with Crippen LogP contribution in [0.4, 0.5) is 15.8 Å². The van der Waals surface area contributed by atoms with Gasteiger partial charge in [-0.05, 0) is 23.8 Å². The van der Waals surface area contributed by atoms with Crippen molar-refractivity contribution in [3.8, 4) is 6.07 Å². The van der Waals surface area contributed by atoms with Gasteiger partial charge in [0.15, 0.2) is 0 Å². The average molecular weight is 306 g/mol. The molecule has 21 heavy (non-hydrogen) atoms. The Hall–Kier alpha value is -2.65. The molecule has 0 amide bonds. The van der Waals surface area contributed by atoms with E-state index in [4.69, 9.17) is 16.9 Å². The van der Waals surface area contributed by atoms with Gasteiger partial charge in [-0.1, -0.05) is 23.7 Å². The van der Waals surface area contributed by atoms with E-state index in [1.165, 1.54) is 24.3 Å². The van der Waals surface area contributed by atoms with Crippen LogP contribution in [-0.2, 0) is 6.54 Å². The number of nitrogens with one attached hydrogen (secondary N) is 1. The molecule has 0 unspecified atom stereocenters. The number of benzene rings is 2. The molecule has 0 saturated carbocycles. The van der Waals surface area contributed by atoms with Gasteiger partial charge >= 0.3 is 0 Å². The van der Waals surface area contributed by atoms with E-state index in [0.29, 0.717) is 11.3 Å². The molecule has 106 valence electrons. The molecule has 0 spiro atoms. The second kappa shape index (κ2) is 6.20. The molecule has 0 aliphatic heterocycles. The zero-order valence-corrected chi connectivity index (χ0v) is 11.4. The van der Waals surface area contributed by atoms with Crippen molar-refractivity contribution in [2.45, 2.75) is 6.54 Å². The summed E-state index contributed by atoms with van der Waals surface area (Å²) in [5.74, 6) is -0.621. The maximum Gasteiger partial charge on any atom is 0.288 e. The lowest BCUT2D eigenvalue weighted by Gasteiger charge is -2.09. The Morgan fingerprint density at radius 3 is 2.81 bits per heavy atom. The average Bonchev–Trinajstić information content (AvgIpc) is 2.46. The Labute approximate surface area is 124 Å². The molecule has 2 rings (SSSR count). The fourth-order valence-corrected chi connectivity index (χ4v) is 1.98. The third-order valence-electron chi connectivity index (χ3n) is 2.82. The van der Waals surface area contributed by atoms with Gasteiger partial charge in [-0.25, -0.2) is 4.39 Å². The molecule has 7 heteroatoms. The van der Waals surface area contributed by atoms with Gasteiger partial charge in [-0.15, -0.1) is 0 Å². The molecule has 0 aliphatic carbocycles. The molecule has 2 aromatic carbocycles. The summed E-state index contributed by atoms with van der Waals surface area (Å²) < 4.78 is 13.4. The van der Waals surface area contributed by atoms with E-state index < -0.39 is 10.7 Å². The van der Waals surface area contributed by atoms with Crippen molar-refractivity contribution in [3.05, 3.63) is 68.5 Å². The predicted octanol–water partition coefficient (Wildman–Crippen LogP) is 3.87. The number of hydrogen-bond acceptors (Lipinski definition) is 4. The zero-order chi connectivity index (χ0) is 15.4. The molecule has 2 aromatic rings. The summed E-state index contributed by atoms with van der Waals surface area (Å²) in [5.41, 5.74) is 0.631. The number of nitro groups is 1. The summed E-state index contributed by atoms with van der Waals surface area (Å²) in [4.78, 5) is 10.2. The summed E-state index contributed by atoms with van der Waals surface area (Å²) in [7, 11) is 0. The van der Waals surface area contributed by atoms with Gasteiger partial charge in [0.1, 0.15) is 22.5 Å². The van der Waals surface area contributed by atoms with E-state index >= 15 is 0 Å². The second-order valence-corrected chi connectivity index (χ2v) is 4.58. The quantitative estimate of drug-likeness (QED) is 0.687. The third kappa shape index (κ3) is 3.27. The highest BCUT2D eigenvalue weighted by molar-refractivity contribution is 6.32. The van der Waals surface area contributed by atoms with Gasteiger partial charge in [-0.2, -0.15) is 5.26 Å². The summed E-state index contributed by atoms with van der Waals surface area (Å²) in [5, 5.41) is 22.6. The first-order chi connectivity index (χ1) is 10.0. The molecule has 1 N–H and O–H groups in total. The minimum Gasteiger partial charge on any atom is -0.380 e. The van der Waals surface area contributed by atoms with Crippen molar-refractivity contribution in [2.24, 2.45) is 0 Å². The Morgan fingerprint density at radius 2 is 2.14 bits per heavy atom. The van der Waals surface area contributed by atoms with Gasteiger partial charge in [-0.3, -0.25) is 10.1 Å². The van der Waals surface area contributed by atoms with Gasteiger partial charge in [0.25, 0.3) is 5.69 Å². The van der Waals surface area contributed by atoms with Crippen LogP contribution in [0, 0.1) is 27.3 Å². The number of nitro benzene ring substituents is 1. The summed E-state index contributed by atoms with van der Waals surface area (Å²) in [6, 6.07) is 10.4. The van der Waals surface area contributed by atoms with Crippen molar-refractivity contribution in [2.75, 3.05) is 5.32 Å². The first kappa shape index (κ1) is 14.8. The minimum atomic E-state index is -0.621. The molecule has 0 atom stereocenters. The lowest BCUT2D eigenvalue weighted by molar-refractivity contribution is -0.384. The molecule has 0 fully saturated rings. The van der Waals surface area contributed by atoms with Crippen LogP contribution in [0.3, 0.4) is 0 Å². The van der Waals surface area contributed by atoms with Crippen LogP contribution < -0.4 is 5.32 Å².